The highest BCUT2D eigenvalue weighted by Gasteiger charge is 2.20. The number of carbonyl (C=O) groups is 2. The van der Waals surface area contributed by atoms with Gasteiger partial charge in [0.1, 0.15) is 0 Å². The van der Waals surface area contributed by atoms with E-state index in [1.165, 1.54) is 7.11 Å². The molecule has 0 amide bonds. The van der Waals surface area contributed by atoms with Crippen LogP contribution in [0.25, 0.3) is 11.1 Å². The van der Waals surface area contributed by atoms with Crippen LogP contribution in [0.2, 0.25) is 0 Å². The van der Waals surface area contributed by atoms with E-state index in [1.54, 1.807) is 18.2 Å². The molecule has 0 atom stereocenters. The van der Waals surface area contributed by atoms with Gasteiger partial charge < -0.3 is 9.47 Å². The zero-order valence-electron chi connectivity index (χ0n) is 14.8. The molecule has 0 heterocycles. The number of benzene rings is 1. The lowest BCUT2D eigenvalue weighted by atomic mass is 10.1. The van der Waals surface area contributed by atoms with Crippen LogP contribution >= 0.6 is 0 Å². The maximum atomic E-state index is 12.8. The van der Waals surface area contributed by atoms with E-state index in [4.69, 9.17) is 9.47 Å². The van der Waals surface area contributed by atoms with Gasteiger partial charge in [-0.15, -0.1) is 0 Å². The van der Waals surface area contributed by atoms with E-state index in [-0.39, 0.29) is 18.1 Å². The molecule has 0 saturated carbocycles. The van der Waals surface area contributed by atoms with Gasteiger partial charge in [-0.05, 0) is 41.3 Å². The number of methoxy groups -OCH3 is 1. The van der Waals surface area contributed by atoms with Crippen LogP contribution in [0.3, 0.4) is 0 Å². The van der Waals surface area contributed by atoms with Gasteiger partial charge in [0.2, 0.25) is 5.78 Å². The Bertz CT molecular complexity index is 914. The third-order valence-corrected chi connectivity index (χ3v) is 4.38. The van der Waals surface area contributed by atoms with E-state index in [1.807, 2.05) is 36.4 Å². The predicted octanol–water partition coefficient (Wildman–Crippen LogP) is 4.44. The molecule has 0 bridgehead atoms. The number of fused-ring (bicyclic) bond motifs is 1. The fraction of sp³-hybridized carbons (Fsp3) is 0.182. The Kier molecular flexibility index (Phi) is 5.32. The number of hydrogen-bond donors (Lipinski definition) is 0. The smallest absolute Gasteiger partial charge is 0.200 e. The van der Waals surface area contributed by atoms with E-state index < -0.39 is 0 Å². The van der Waals surface area contributed by atoms with Crippen LogP contribution in [0.5, 0.6) is 11.5 Å². The molecule has 0 radical (unpaired) electrons. The van der Waals surface area contributed by atoms with Crippen LogP contribution in [0.15, 0.2) is 54.6 Å². The van der Waals surface area contributed by atoms with Crippen molar-refractivity contribution in [3.8, 4) is 22.6 Å². The van der Waals surface area contributed by atoms with Crippen LogP contribution in [-0.2, 0) is 6.42 Å². The highest BCUT2D eigenvalue weighted by molar-refractivity contribution is 6.05. The molecule has 1 aromatic rings. The fourth-order valence-electron chi connectivity index (χ4n) is 3.07. The van der Waals surface area contributed by atoms with Crippen LogP contribution < -0.4 is 9.47 Å². The van der Waals surface area contributed by atoms with Crippen molar-refractivity contribution in [1.82, 2.24) is 0 Å². The molecule has 4 heteroatoms. The minimum absolute atomic E-state index is 0.136. The van der Waals surface area contributed by atoms with Gasteiger partial charge in [-0.2, -0.15) is 0 Å². The highest BCUT2D eigenvalue weighted by atomic mass is 16.5. The summed E-state index contributed by atoms with van der Waals surface area (Å²) in [5.74, 6) is 0.578. The normalized spacial score (nSPS) is 10.5. The second kappa shape index (κ2) is 7.83. The number of rotatable bonds is 7. The molecular weight excluding hydrogens is 328 g/mol. The average Bonchev–Trinajstić information content (AvgIpc) is 2.85. The second-order valence-corrected chi connectivity index (χ2v) is 5.88. The van der Waals surface area contributed by atoms with E-state index in [9.17, 15) is 9.59 Å². The Morgan fingerprint density at radius 1 is 1.04 bits per heavy atom. The predicted molar refractivity (Wildman–Crippen MR) is 101 cm³/mol. The van der Waals surface area contributed by atoms with Gasteiger partial charge in [0.15, 0.2) is 24.4 Å². The molecule has 0 saturated heterocycles. The number of hydrogen-bond acceptors (Lipinski definition) is 4. The molecule has 1 aromatic carbocycles. The summed E-state index contributed by atoms with van der Waals surface area (Å²) in [5.41, 5.74) is 4.11. The van der Waals surface area contributed by atoms with E-state index in [2.05, 4.69) is 6.92 Å². The van der Waals surface area contributed by atoms with Crippen molar-refractivity contribution in [3.63, 3.8) is 0 Å². The standard InChI is InChI=1S/C22H20O4/c1-3-15-12-19(18-10-6-4-5-9-17(15)18)20(24)14-26-22-16(13-23)8-7-11-21(22)25-2/h4-13H,3,14H2,1-2H3. The summed E-state index contributed by atoms with van der Waals surface area (Å²) in [4.78, 5) is 24.0. The second-order valence-electron chi connectivity index (χ2n) is 5.88. The summed E-state index contributed by atoms with van der Waals surface area (Å²) in [5, 5.41) is 0. The van der Waals surface area contributed by atoms with Crippen molar-refractivity contribution >= 4 is 12.1 Å². The molecule has 26 heavy (non-hydrogen) atoms. The molecule has 132 valence electrons. The van der Waals surface area contributed by atoms with Crippen molar-refractivity contribution in [3.05, 3.63) is 71.3 Å². The minimum Gasteiger partial charge on any atom is -0.493 e. The van der Waals surface area contributed by atoms with Gasteiger partial charge in [0.25, 0.3) is 0 Å². The minimum atomic E-state index is -0.165. The third-order valence-electron chi connectivity index (χ3n) is 4.38. The molecule has 2 aliphatic carbocycles. The molecule has 3 rings (SSSR count). The number of aldehydes is 1. The maximum absolute atomic E-state index is 12.8. The molecule has 4 nitrogen and oxygen atoms in total. The van der Waals surface area contributed by atoms with Crippen LogP contribution in [0.4, 0.5) is 0 Å². The monoisotopic (exact) mass is 348 g/mol. The van der Waals surface area contributed by atoms with Gasteiger partial charge >= 0.3 is 0 Å². The third kappa shape index (κ3) is 3.31. The van der Waals surface area contributed by atoms with Gasteiger partial charge in [-0.3, -0.25) is 9.59 Å². The average molecular weight is 348 g/mol. The molecule has 0 aromatic heterocycles. The van der Waals surface area contributed by atoms with Gasteiger partial charge in [0.05, 0.1) is 12.7 Å². The van der Waals surface area contributed by atoms with Gasteiger partial charge in [-0.1, -0.05) is 43.3 Å². The number of Topliss-reactive ketones (excluding diaryl/α,β-unsaturated/α-hetero) is 1. The molecule has 0 fully saturated rings. The summed E-state index contributed by atoms with van der Waals surface area (Å²) in [6.07, 6.45) is 1.53. The SMILES string of the molecule is CCc1cc(C(=O)COc2c(C=O)cccc2OC)c2cccccc1-2. The maximum Gasteiger partial charge on any atom is 0.200 e. The first-order valence-corrected chi connectivity index (χ1v) is 8.48. The first-order valence-electron chi connectivity index (χ1n) is 8.48. The van der Waals surface area contributed by atoms with Crippen LogP contribution in [0, 0.1) is 0 Å². The Morgan fingerprint density at radius 3 is 2.50 bits per heavy atom. The molecular formula is C22H20O4. The van der Waals surface area contributed by atoms with Crippen molar-refractivity contribution in [2.45, 2.75) is 13.3 Å². The molecule has 0 aliphatic heterocycles. The number of ketones is 1. The lowest BCUT2D eigenvalue weighted by Crippen LogP contribution is -2.13. The molecule has 2 aliphatic rings. The quantitative estimate of drug-likeness (QED) is 0.468. The van der Waals surface area contributed by atoms with E-state index in [0.29, 0.717) is 23.2 Å². The fourth-order valence-corrected chi connectivity index (χ4v) is 3.07. The van der Waals surface area contributed by atoms with Crippen LogP contribution in [-0.4, -0.2) is 25.8 Å². The largest absolute Gasteiger partial charge is 0.493 e. The Morgan fingerprint density at radius 2 is 1.81 bits per heavy atom. The summed E-state index contributed by atoms with van der Waals surface area (Å²) in [7, 11) is 1.50. The lowest BCUT2D eigenvalue weighted by Gasteiger charge is -2.12. The first kappa shape index (κ1) is 17.7. The number of para-hydroxylation sites is 1. The highest BCUT2D eigenvalue weighted by Crippen LogP contribution is 2.34. The summed E-state index contributed by atoms with van der Waals surface area (Å²) >= 11 is 0. The number of ether oxygens (including phenoxy) is 2. The van der Waals surface area contributed by atoms with E-state index >= 15 is 0 Å². The summed E-state index contributed by atoms with van der Waals surface area (Å²) < 4.78 is 10.9. The molecule has 0 spiro atoms. The van der Waals surface area contributed by atoms with Crippen molar-refractivity contribution < 1.29 is 19.1 Å². The number of carbonyl (C=O) groups excluding carboxylic acids is 2. The Balaban J connectivity index is 1.89. The summed E-state index contributed by atoms with van der Waals surface area (Å²) in [6, 6.07) is 16.8. The van der Waals surface area contributed by atoms with Gasteiger partial charge in [-0.25, -0.2) is 0 Å². The van der Waals surface area contributed by atoms with E-state index in [0.717, 1.165) is 23.1 Å². The lowest BCUT2D eigenvalue weighted by molar-refractivity contribution is 0.0917. The topological polar surface area (TPSA) is 52.6 Å². The molecule has 0 N–H and O–H groups in total. The van der Waals surface area contributed by atoms with Gasteiger partial charge in [0, 0.05) is 5.56 Å². The van der Waals surface area contributed by atoms with Crippen molar-refractivity contribution in [2.75, 3.05) is 13.7 Å². The summed E-state index contributed by atoms with van der Waals surface area (Å²) in [6.45, 7) is 1.90. The van der Waals surface area contributed by atoms with Crippen LogP contribution in [0.1, 0.15) is 33.2 Å². The van der Waals surface area contributed by atoms with Crippen molar-refractivity contribution in [1.29, 1.82) is 0 Å². The zero-order valence-corrected chi connectivity index (χ0v) is 14.8. The Labute approximate surface area is 152 Å². The first-order chi connectivity index (χ1) is 12.7. The zero-order chi connectivity index (χ0) is 18.5. The number of aryl methyl sites for hydroxylation is 1. The molecule has 0 unspecified atom stereocenters. The van der Waals surface area contributed by atoms with Crippen molar-refractivity contribution in [2.24, 2.45) is 0 Å². The Hall–Kier alpha value is -3.14.